The number of ether oxygens (including phenoxy) is 1. The van der Waals surface area contributed by atoms with Crippen molar-refractivity contribution >= 4 is 29.2 Å². The zero-order valence-electron chi connectivity index (χ0n) is 11.7. The third-order valence-corrected chi connectivity index (χ3v) is 3.09. The summed E-state index contributed by atoms with van der Waals surface area (Å²) >= 11 is 5.92. The summed E-state index contributed by atoms with van der Waals surface area (Å²) < 4.78 is 5.08. The number of rotatable bonds is 3. The molecule has 6 nitrogen and oxygen atoms in total. The molecule has 0 spiro atoms. The lowest BCUT2D eigenvalue weighted by molar-refractivity contribution is 0.0935. The summed E-state index contributed by atoms with van der Waals surface area (Å²) in [5, 5.41) is 2.91. The van der Waals surface area contributed by atoms with E-state index < -0.39 is 11.9 Å². The summed E-state index contributed by atoms with van der Waals surface area (Å²) in [4.78, 5) is 23.7. The van der Waals surface area contributed by atoms with E-state index in [1.165, 1.54) is 7.11 Å². The van der Waals surface area contributed by atoms with Gasteiger partial charge in [-0.05, 0) is 24.3 Å². The van der Waals surface area contributed by atoms with Crippen LogP contribution in [0.2, 0.25) is 5.02 Å². The molecule has 0 aromatic heterocycles. The number of hydrogen-bond acceptors (Lipinski definition) is 3. The maximum absolute atomic E-state index is 12.0. The predicted molar refractivity (Wildman–Crippen MR) is 84.1 cm³/mol. The van der Waals surface area contributed by atoms with Crippen LogP contribution >= 0.6 is 11.6 Å². The molecule has 7 heteroatoms. The van der Waals surface area contributed by atoms with Crippen LogP contribution in [0.5, 0.6) is 5.75 Å². The van der Waals surface area contributed by atoms with Crippen LogP contribution in [-0.4, -0.2) is 19.0 Å². The Balaban J connectivity index is 1.94. The van der Waals surface area contributed by atoms with Crippen LogP contribution in [0.4, 0.5) is 10.5 Å². The molecule has 0 atom stereocenters. The van der Waals surface area contributed by atoms with E-state index in [4.69, 9.17) is 16.3 Å². The molecule has 0 heterocycles. The molecule has 0 aliphatic carbocycles. The quantitative estimate of drug-likeness (QED) is 0.761. The highest BCUT2D eigenvalue weighted by Gasteiger charge is 2.12. The second-order valence-electron chi connectivity index (χ2n) is 4.21. The number of amides is 3. The average Bonchev–Trinajstić information content (AvgIpc) is 2.54. The summed E-state index contributed by atoms with van der Waals surface area (Å²) in [7, 11) is 1.46. The fourth-order valence-corrected chi connectivity index (χ4v) is 1.91. The van der Waals surface area contributed by atoms with Gasteiger partial charge in [0.25, 0.3) is 5.91 Å². The number of carbonyl (C=O) groups excluding carboxylic acids is 2. The van der Waals surface area contributed by atoms with Crippen molar-refractivity contribution in [1.82, 2.24) is 10.9 Å². The summed E-state index contributed by atoms with van der Waals surface area (Å²) in [6, 6.07) is 12.8. The molecule has 0 saturated heterocycles. The van der Waals surface area contributed by atoms with Gasteiger partial charge >= 0.3 is 6.03 Å². The largest absolute Gasteiger partial charge is 0.496 e. The first-order valence-electron chi connectivity index (χ1n) is 6.36. The van der Waals surface area contributed by atoms with Crippen LogP contribution in [0, 0.1) is 0 Å². The number of hydrazine groups is 1. The Morgan fingerprint density at radius 3 is 2.41 bits per heavy atom. The fraction of sp³-hybridized carbons (Fsp3) is 0.0667. The Labute approximate surface area is 132 Å². The number of nitrogens with one attached hydrogen (secondary N) is 3. The topological polar surface area (TPSA) is 79.5 Å². The van der Waals surface area contributed by atoms with Gasteiger partial charge in [-0.3, -0.25) is 10.2 Å². The second-order valence-corrected chi connectivity index (χ2v) is 4.62. The Kier molecular flexibility index (Phi) is 5.21. The van der Waals surface area contributed by atoms with Crippen LogP contribution in [0.3, 0.4) is 0 Å². The number of hydrogen-bond donors (Lipinski definition) is 3. The molecule has 0 bridgehead atoms. The Morgan fingerprint density at radius 1 is 1.00 bits per heavy atom. The highest BCUT2D eigenvalue weighted by molar-refractivity contribution is 6.33. The molecule has 114 valence electrons. The SMILES string of the molecule is COc1ccccc1C(=O)NNC(=O)Nc1ccccc1Cl. The first-order valence-corrected chi connectivity index (χ1v) is 6.74. The second kappa shape index (κ2) is 7.33. The van der Waals surface area contributed by atoms with Crippen molar-refractivity contribution in [2.75, 3.05) is 12.4 Å². The minimum absolute atomic E-state index is 0.308. The van der Waals surface area contributed by atoms with Crippen molar-refractivity contribution in [3.05, 3.63) is 59.1 Å². The smallest absolute Gasteiger partial charge is 0.337 e. The summed E-state index contributed by atoms with van der Waals surface area (Å²) in [6.45, 7) is 0. The van der Waals surface area contributed by atoms with Gasteiger partial charge < -0.3 is 10.1 Å². The molecule has 22 heavy (non-hydrogen) atoms. The van der Waals surface area contributed by atoms with E-state index in [1.807, 2.05) is 0 Å². The van der Waals surface area contributed by atoms with E-state index in [0.717, 1.165) is 0 Å². The maximum atomic E-state index is 12.0. The van der Waals surface area contributed by atoms with E-state index in [0.29, 0.717) is 22.0 Å². The van der Waals surface area contributed by atoms with Crippen molar-refractivity contribution < 1.29 is 14.3 Å². The Morgan fingerprint density at radius 2 is 1.68 bits per heavy atom. The maximum Gasteiger partial charge on any atom is 0.337 e. The van der Waals surface area contributed by atoms with E-state index in [2.05, 4.69) is 16.2 Å². The third kappa shape index (κ3) is 3.89. The molecule has 0 fully saturated rings. The number of benzene rings is 2. The van der Waals surface area contributed by atoms with Crippen molar-refractivity contribution in [3.8, 4) is 5.75 Å². The number of para-hydroxylation sites is 2. The Bertz CT molecular complexity index is 691. The summed E-state index contributed by atoms with van der Waals surface area (Å²) in [5.41, 5.74) is 5.28. The summed E-state index contributed by atoms with van der Waals surface area (Å²) in [6.07, 6.45) is 0. The van der Waals surface area contributed by atoms with Gasteiger partial charge in [-0.2, -0.15) is 0 Å². The van der Waals surface area contributed by atoms with Gasteiger partial charge in [0, 0.05) is 0 Å². The number of halogens is 1. The molecule has 2 rings (SSSR count). The first-order chi connectivity index (χ1) is 10.6. The van der Waals surface area contributed by atoms with E-state index in [1.54, 1.807) is 48.5 Å². The molecule has 0 aliphatic rings. The number of urea groups is 1. The van der Waals surface area contributed by atoms with Crippen LogP contribution in [-0.2, 0) is 0 Å². The van der Waals surface area contributed by atoms with E-state index in [9.17, 15) is 9.59 Å². The van der Waals surface area contributed by atoms with Gasteiger partial charge in [0.15, 0.2) is 0 Å². The fourth-order valence-electron chi connectivity index (χ4n) is 1.73. The number of methoxy groups -OCH3 is 1. The van der Waals surface area contributed by atoms with E-state index >= 15 is 0 Å². The molecular formula is C15H14ClN3O3. The summed E-state index contributed by atoms with van der Waals surface area (Å²) in [5.74, 6) is -0.0833. The Hall–Kier alpha value is -2.73. The zero-order chi connectivity index (χ0) is 15.9. The molecule has 2 aromatic carbocycles. The minimum Gasteiger partial charge on any atom is -0.496 e. The molecule has 0 radical (unpaired) electrons. The lowest BCUT2D eigenvalue weighted by Crippen LogP contribution is -2.44. The normalized spacial score (nSPS) is 9.73. The van der Waals surface area contributed by atoms with Crippen molar-refractivity contribution in [2.24, 2.45) is 0 Å². The number of carbonyl (C=O) groups is 2. The molecule has 0 aliphatic heterocycles. The van der Waals surface area contributed by atoms with Gasteiger partial charge in [0.05, 0.1) is 23.4 Å². The monoisotopic (exact) mass is 319 g/mol. The number of anilines is 1. The van der Waals surface area contributed by atoms with Crippen molar-refractivity contribution in [1.29, 1.82) is 0 Å². The zero-order valence-corrected chi connectivity index (χ0v) is 12.5. The van der Waals surface area contributed by atoms with Crippen LogP contribution < -0.4 is 20.9 Å². The third-order valence-electron chi connectivity index (χ3n) is 2.76. The predicted octanol–water partition coefficient (Wildman–Crippen LogP) is 2.82. The average molecular weight is 320 g/mol. The highest BCUT2D eigenvalue weighted by atomic mass is 35.5. The highest BCUT2D eigenvalue weighted by Crippen LogP contribution is 2.20. The molecule has 2 aromatic rings. The van der Waals surface area contributed by atoms with Crippen molar-refractivity contribution in [3.63, 3.8) is 0 Å². The minimum atomic E-state index is -0.614. The molecule has 0 saturated carbocycles. The molecule has 3 N–H and O–H groups in total. The lowest BCUT2D eigenvalue weighted by Gasteiger charge is -2.11. The van der Waals surface area contributed by atoms with Crippen LogP contribution in [0.25, 0.3) is 0 Å². The van der Waals surface area contributed by atoms with Gasteiger partial charge in [-0.1, -0.05) is 35.9 Å². The molecule has 3 amide bonds. The van der Waals surface area contributed by atoms with Gasteiger partial charge in [0.1, 0.15) is 5.75 Å². The van der Waals surface area contributed by atoms with Gasteiger partial charge in [0.2, 0.25) is 0 Å². The van der Waals surface area contributed by atoms with Crippen LogP contribution in [0.1, 0.15) is 10.4 Å². The van der Waals surface area contributed by atoms with Crippen LogP contribution in [0.15, 0.2) is 48.5 Å². The standard InChI is InChI=1S/C15H14ClN3O3/c1-22-13-9-5-2-6-10(13)14(20)18-19-15(21)17-12-8-4-3-7-11(12)16/h2-9H,1H3,(H,18,20)(H2,17,19,21). The molecule has 0 unspecified atom stereocenters. The first kappa shape index (κ1) is 15.7. The molecular weight excluding hydrogens is 306 g/mol. The van der Waals surface area contributed by atoms with Crippen molar-refractivity contribution in [2.45, 2.75) is 0 Å². The van der Waals surface area contributed by atoms with Gasteiger partial charge in [-0.15, -0.1) is 0 Å². The van der Waals surface area contributed by atoms with Gasteiger partial charge in [-0.25, -0.2) is 10.2 Å². The lowest BCUT2D eigenvalue weighted by atomic mass is 10.2. The van der Waals surface area contributed by atoms with E-state index in [-0.39, 0.29) is 0 Å².